The van der Waals surface area contributed by atoms with Gasteiger partial charge >= 0.3 is 0 Å². The molecule has 1 fully saturated rings. The molecule has 0 radical (unpaired) electrons. The van der Waals surface area contributed by atoms with Gasteiger partial charge in [0.25, 0.3) is 0 Å². The van der Waals surface area contributed by atoms with Crippen molar-refractivity contribution in [1.29, 1.82) is 0 Å². The Kier molecular flexibility index (Phi) is 2.13. The molecule has 4 nitrogen and oxygen atoms in total. The van der Waals surface area contributed by atoms with Crippen molar-refractivity contribution in [1.82, 2.24) is 4.90 Å². The van der Waals surface area contributed by atoms with Crippen LogP contribution in [0, 0.1) is 11.8 Å². The number of fused-ring (bicyclic) bond motifs is 3. The minimum atomic E-state index is -3.24. The zero-order valence-corrected chi connectivity index (χ0v) is 13.4. The smallest absolute Gasteiger partial charge is 0.161 e. The second-order valence-electron chi connectivity index (χ2n) is 6.12. The summed E-state index contributed by atoms with van der Waals surface area (Å²) < 4.78 is 111. The summed E-state index contributed by atoms with van der Waals surface area (Å²) in [5.41, 5.74) is -1.40. The van der Waals surface area contributed by atoms with Crippen LogP contribution in [0.1, 0.15) is 60.3 Å². The molecule has 0 aliphatic carbocycles. The molecule has 128 valence electrons. The quantitative estimate of drug-likeness (QED) is 0.921. The molecule has 3 unspecified atom stereocenters. The first-order chi connectivity index (χ1) is 15.7. The molecule has 0 amide bonds. The average Bonchev–Trinajstić information content (AvgIpc) is 2.64. The average molecular weight is 332 g/mol. The van der Waals surface area contributed by atoms with Crippen molar-refractivity contribution in [3.63, 3.8) is 0 Å². The van der Waals surface area contributed by atoms with Crippen LogP contribution in [0.5, 0.6) is 11.5 Å². The van der Waals surface area contributed by atoms with Crippen LogP contribution in [0.3, 0.4) is 0 Å². The lowest BCUT2D eigenvalue weighted by Crippen LogP contribution is -2.48. The second kappa shape index (κ2) is 6.70. The summed E-state index contributed by atoms with van der Waals surface area (Å²) >= 11 is 0. The van der Waals surface area contributed by atoms with Crippen LogP contribution in [0.4, 0.5) is 0 Å². The van der Waals surface area contributed by atoms with Gasteiger partial charge in [-0.15, -0.1) is 0 Å². The van der Waals surface area contributed by atoms with Gasteiger partial charge in [-0.1, -0.05) is 13.8 Å². The van der Waals surface area contributed by atoms with Crippen molar-refractivity contribution in [2.75, 3.05) is 27.1 Å². The standard InChI is InChI=1S/C19H29NO3/c1-12(2)7-14-11-20-6-5-13-8-18(22-3)19(23-4)9-15(13)16(20)10-17(14)21/h8-9,12,14,16-17,21H,5-7,10-11H2,1-4H3/i3D3,5D2,6D2,8D,9D,11D2,16D. The molecule has 0 spiro atoms. The van der Waals surface area contributed by atoms with Crippen molar-refractivity contribution in [3.05, 3.63) is 23.2 Å². The fraction of sp³-hybridized carbons (Fsp3) is 0.684. The van der Waals surface area contributed by atoms with Gasteiger partial charge in [-0.25, -0.2) is 0 Å². The molecular weight excluding hydrogens is 290 g/mol. The first kappa shape index (κ1) is 7.32. The van der Waals surface area contributed by atoms with E-state index in [0.717, 1.165) is 7.11 Å². The SMILES string of the molecule is [2H]c1c(OC)c(OC([2H])([2H])[2H])c([2H])c2c1C1([2H])CC(O)C(CC(C)C)C([2H])([2H])N1C([2H])([2H])C2([2H])[2H]. The number of methoxy groups -OCH3 is 2. The van der Waals surface area contributed by atoms with Crippen LogP contribution in [-0.2, 0) is 6.37 Å². The van der Waals surface area contributed by atoms with Gasteiger partial charge in [0.05, 0.1) is 28.5 Å². The van der Waals surface area contributed by atoms with Crippen molar-refractivity contribution in [2.45, 2.75) is 45.2 Å². The van der Waals surface area contributed by atoms with Crippen molar-refractivity contribution < 1.29 is 31.0 Å². The molecule has 2 heterocycles. The van der Waals surface area contributed by atoms with E-state index in [-0.39, 0.29) is 12.3 Å². The largest absolute Gasteiger partial charge is 0.493 e. The van der Waals surface area contributed by atoms with Gasteiger partial charge in [0.1, 0.15) is 0 Å². The highest BCUT2D eigenvalue weighted by Crippen LogP contribution is 2.43. The van der Waals surface area contributed by atoms with Crippen LogP contribution in [0.2, 0.25) is 0 Å². The number of hydrogen-bond acceptors (Lipinski definition) is 4. The van der Waals surface area contributed by atoms with Gasteiger partial charge < -0.3 is 14.6 Å². The van der Waals surface area contributed by atoms with E-state index in [1.165, 1.54) is 0 Å². The Morgan fingerprint density at radius 3 is 2.96 bits per heavy atom. The number of aliphatic hydroxyl groups excluding tert-OH is 1. The Bertz CT molecular complexity index is 1010. The summed E-state index contributed by atoms with van der Waals surface area (Å²) in [6, 6.07) is -4.20. The third kappa shape index (κ3) is 3.20. The number of piperidine rings is 1. The van der Waals surface area contributed by atoms with Crippen LogP contribution in [0.25, 0.3) is 0 Å². The van der Waals surface area contributed by atoms with E-state index >= 15 is 0 Å². The molecule has 2 aliphatic rings. The summed E-state index contributed by atoms with van der Waals surface area (Å²) in [4.78, 5) is 0.413. The minimum Gasteiger partial charge on any atom is -0.493 e. The van der Waals surface area contributed by atoms with Gasteiger partial charge in [0.15, 0.2) is 11.5 Å². The van der Waals surface area contributed by atoms with E-state index in [1.807, 2.05) is 0 Å². The van der Waals surface area contributed by atoms with E-state index in [0.29, 0.717) is 4.90 Å². The molecule has 1 N–H and O–H groups in total. The number of ether oxygens (including phenoxy) is 2. The maximum absolute atomic E-state index is 10.9. The van der Waals surface area contributed by atoms with Gasteiger partial charge in [-0.3, -0.25) is 4.90 Å². The lowest BCUT2D eigenvalue weighted by Gasteiger charge is -2.46. The summed E-state index contributed by atoms with van der Waals surface area (Å²) in [7, 11) is -2.05. The topological polar surface area (TPSA) is 41.9 Å². The number of benzene rings is 1. The van der Waals surface area contributed by atoms with Crippen LogP contribution >= 0.6 is 0 Å². The van der Waals surface area contributed by atoms with E-state index in [9.17, 15) is 6.48 Å². The Balaban J connectivity index is 2.45. The molecule has 1 aromatic rings. The monoisotopic (exact) mass is 331 g/mol. The minimum absolute atomic E-state index is 0.103. The maximum Gasteiger partial charge on any atom is 0.161 e. The molecule has 2 aliphatic heterocycles. The highest BCUT2D eigenvalue weighted by Gasteiger charge is 2.38. The van der Waals surface area contributed by atoms with Gasteiger partial charge in [0, 0.05) is 27.2 Å². The second-order valence-corrected chi connectivity index (χ2v) is 6.12. The van der Waals surface area contributed by atoms with Gasteiger partial charge in [0.2, 0.25) is 0 Å². The number of rotatable bonds is 4. The van der Waals surface area contributed by atoms with Crippen LogP contribution < -0.4 is 9.47 Å². The zero-order chi connectivity index (χ0) is 27.1. The fourth-order valence-corrected chi connectivity index (χ4v) is 2.90. The highest BCUT2D eigenvalue weighted by molar-refractivity contribution is 5.49. The number of aliphatic hydroxyl groups is 1. The summed E-state index contributed by atoms with van der Waals surface area (Å²) in [5, 5.41) is 10.9. The highest BCUT2D eigenvalue weighted by atomic mass is 16.5. The predicted molar refractivity (Wildman–Crippen MR) is 91.1 cm³/mol. The van der Waals surface area contributed by atoms with Crippen molar-refractivity contribution >= 4 is 0 Å². The molecule has 4 heteroatoms. The Morgan fingerprint density at radius 2 is 2.26 bits per heavy atom. The lowest BCUT2D eigenvalue weighted by molar-refractivity contribution is -0.0191. The summed E-state index contributed by atoms with van der Waals surface area (Å²) in [5.74, 6) is -2.67. The van der Waals surface area contributed by atoms with Crippen LogP contribution in [0.15, 0.2) is 12.1 Å². The molecule has 0 aromatic heterocycles. The molecule has 3 atom stereocenters. The molecule has 23 heavy (non-hydrogen) atoms. The Labute approximate surface area is 156 Å². The fourth-order valence-electron chi connectivity index (χ4n) is 2.90. The molecule has 0 bridgehead atoms. The van der Waals surface area contributed by atoms with E-state index in [2.05, 4.69) is 0 Å². The van der Waals surface area contributed by atoms with Gasteiger partial charge in [-0.05, 0) is 54.3 Å². The molecule has 1 aromatic carbocycles. The van der Waals surface area contributed by atoms with Gasteiger partial charge in [-0.2, -0.15) is 0 Å². The van der Waals surface area contributed by atoms with E-state index in [1.54, 1.807) is 13.8 Å². The Morgan fingerprint density at radius 1 is 1.48 bits per heavy atom. The maximum atomic E-state index is 10.9. The molecule has 1 saturated heterocycles. The third-order valence-electron chi connectivity index (χ3n) is 3.98. The number of nitrogens with zero attached hydrogens (tertiary/aromatic N) is 1. The summed E-state index contributed by atoms with van der Waals surface area (Å²) in [6.07, 6.45) is -5.09. The van der Waals surface area contributed by atoms with E-state index in [4.69, 9.17) is 24.6 Å². The first-order valence-electron chi connectivity index (χ1n) is 13.6. The molecular formula is C19H29NO3. The van der Waals surface area contributed by atoms with Crippen LogP contribution in [-0.4, -0.2) is 43.3 Å². The number of hydrogen-bond donors (Lipinski definition) is 1. The molecule has 0 saturated carbocycles. The molecule has 3 rings (SSSR count). The van der Waals surface area contributed by atoms with E-state index < -0.39 is 85.6 Å². The Hall–Kier alpha value is -1.26. The van der Waals surface area contributed by atoms with Crippen molar-refractivity contribution in [2.24, 2.45) is 11.8 Å². The predicted octanol–water partition coefficient (Wildman–Crippen LogP) is 3.03. The first-order valence-corrected chi connectivity index (χ1v) is 7.55. The van der Waals surface area contributed by atoms with Crippen molar-refractivity contribution in [3.8, 4) is 11.5 Å². The third-order valence-corrected chi connectivity index (χ3v) is 3.98. The zero-order valence-electron chi connectivity index (χ0n) is 25.4. The summed E-state index contributed by atoms with van der Waals surface area (Å²) in [6.45, 7) is -2.39. The lowest BCUT2D eigenvalue weighted by atomic mass is 9.79. The normalized spacial score (nSPS) is 45.4.